The number of anilines is 2. The van der Waals surface area contributed by atoms with Gasteiger partial charge in [0.15, 0.2) is 16.6 Å². The third-order valence-electron chi connectivity index (χ3n) is 4.44. The Labute approximate surface area is 196 Å². The van der Waals surface area contributed by atoms with Crippen molar-refractivity contribution in [2.24, 2.45) is 0 Å². The van der Waals surface area contributed by atoms with E-state index in [2.05, 4.69) is 20.5 Å². The first kappa shape index (κ1) is 24.2. The van der Waals surface area contributed by atoms with Crippen LogP contribution in [0.15, 0.2) is 48.8 Å². The van der Waals surface area contributed by atoms with Gasteiger partial charge in [-0.2, -0.15) is 13.9 Å². The maximum absolute atomic E-state index is 12.7. The predicted octanol–water partition coefficient (Wildman–Crippen LogP) is 5.45. The molecule has 1 aromatic heterocycles. The van der Waals surface area contributed by atoms with Crippen molar-refractivity contribution in [2.45, 2.75) is 33.9 Å². The maximum atomic E-state index is 12.7. The predicted molar refractivity (Wildman–Crippen MR) is 128 cm³/mol. The molecule has 3 aromatic rings. The lowest BCUT2D eigenvalue weighted by atomic mass is 10.2. The molecule has 2 aromatic carbocycles. The molecule has 0 radical (unpaired) electrons. The molecule has 7 nitrogen and oxygen atoms in total. The summed E-state index contributed by atoms with van der Waals surface area (Å²) >= 11 is 5.33. The van der Waals surface area contributed by atoms with Crippen molar-refractivity contribution >= 4 is 28.7 Å². The Hall–Kier alpha value is -3.40. The lowest BCUT2D eigenvalue weighted by Crippen LogP contribution is -2.19. The van der Waals surface area contributed by atoms with Gasteiger partial charge in [0.05, 0.1) is 37.3 Å². The summed E-state index contributed by atoms with van der Waals surface area (Å²) in [5, 5.41) is 10.5. The summed E-state index contributed by atoms with van der Waals surface area (Å²) in [6, 6.07) is 10.6. The SMILES string of the molecule is CCOc1ccc(Cn2cc(NC(=S)Nc3cc(C)ccc3OC(F)F)cn2)cc1OCC. The van der Waals surface area contributed by atoms with E-state index in [9.17, 15) is 8.78 Å². The zero-order chi connectivity index (χ0) is 23.8. The number of nitrogens with zero attached hydrogens (tertiary/aromatic N) is 2. The number of halogens is 2. The second kappa shape index (κ2) is 11.5. The van der Waals surface area contributed by atoms with E-state index in [1.165, 1.54) is 6.07 Å². The fourth-order valence-electron chi connectivity index (χ4n) is 3.12. The standard InChI is InChI=1S/C23H26F2N4O3S/c1-4-30-20-9-7-16(11-21(20)31-5-2)13-29-14-17(12-26-29)27-23(33)28-18-10-15(3)6-8-19(18)32-22(24)25/h6-12,14,22H,4-5,13H2,1-3H3,(H2,27,28,33). The molecule has 0 bridgehead atoms. The van der Waals surface area contributed by atoms with Crippen LogP contribution in [0.2, 0.25) is 0 Å². The van der Waals surface area contributed by atoms with Gasteiger partial charge >= 0.3 is 6.61 Å². The van der Waals surface area contributed by atoms with Gasteiger partial charge in [0.25, 0.3) is 0 Å². The molecule has 0 aliphatic heterocycles. The second-order valence-electron chi connectivity index (χ2n) is 7.03. The molecule has 0 atom stereocenters. The summed E-state index contributed by atoms with van der Waals surface area (Å²) in [6.07, 6.45) is 3.41. The Morgan fingerprint density at radius 2 is 1.76 bits per heavy atom. The Morgan fingerprint density at radius 1 is 1.03 bits per heavy atom. The van der Waals surface area contributed by atoms with E-state index in [0.29, 0.717) is 42.6 Å². The lowest BCUT2D eigenvalue weighted by molar-refractivity contribution is -0.0493. The Balaban J connectivity index is 1.65. The lowest BCUT2D eigenvalue weighted by Gasteiger charge is -2.14. The Morgan fingerprint density at radius 3 is 2.48 bits per heavy atom. The Bertz CT molecular complexity index is 1090. The molecule has 2 N–H and O–H groups in total. The fourth-order valence-corrected chi connectivity index (χ4v) is 3.35. The molecule has 0 unspecified atom stereocenters. The average molecular weight is 477 g/mol. The number of hydrogen-bond donors (Lipinski definition) is 2. The number of alkyl halides is 2. The fraction of sp³-hybridized carbons (Fsp3) is 0.304. The zero-order valence-corrected chi connectivity index (χ0v) is 19.4. The first-order valence-corrected chi connectivity index (χ1v) is 10.8. The molecular weight excluding hydrogens is 450 g/mol. The van der Waals surface area contributed by atoms with Crippen molar-refractivity contribution in [1.29, 1.82) is 0 Å². The molecule has 10 heteroatoms. The molecule has 176 valence electrons. The molecule has 0 aliphatic carbocycles. The van der Waals surface area contributed by atoms with Crippen molar-refractivity contribution in [3.05, 3.63) is 59.9 Å². The second-order valence-corrected chi connectivity index (χ2v) is 7.44. The van der Waals surface area contributed by atoms with E-state index in [1.54, 1.807) is 29.2 Å². The van der Waals surface area contributed by atoms with Gasteiger partial charge in [-0.25, -0.2) is 0 Å². The van der Waals surface area contributed by atoms with Gasteiger partial charge in [0.2, 0.25) is 0 Å². The highest BCUT2D eigenvalue weighted by Crippen LogP contribution is 2.29. The van der Waals surface area contributed by atoms with Gasteiger partial charge < -0.3 is 24.8 Å². The topological polar surface area (TPSA) is 69.6 Å². The smallest absolute Gasteiger partial charge is 0.387 e. The monoisotopic (exact) mass is 476 g/mol. The minimum atomic E-state index is -2.93. The summed E-state index contributed by atoms with van der Waals surface area (Å²) < 4.78 is 42.9. The summed E-state index contributed by atoms with van der Waals surface area (Å²) in [6.45, 7) is 4.36. The van der Waals surface area contributed by atoms with Crippen molar-refractivity contribution in [3.63, 3.8) is 0 Å². The molecular formula is C23H26F2N4O3S. The van der Waals surface area contributed by atoms with Crippen LogP contribution in [0, 0.1) is 6.92 Å². The summed E-state index contributed by atoms with van der Waals surface area (Å²) in [7, 11) is 0. The number of nitrogens with one attached hydrogen (secondary N) is 2. The van der Waals surface area contributed by atoms with Crippen LogP contribution in [0.1, 0.15) is 25.0 Å². The number of aryl methyl sites for hydroxylation is 1. The summed E-state index contributed by atoms with van der Waals surface area (Å²) in [5.41, 5.74) is 2.85. The molecule has 3 rings (SSSR count). The third kappa shape index (κ3) is 7.04. The quantitative estimate of drug-likeness (QED) is 0.377. The van der Waals surface area contributed by atoms with E-state index < -0.39 is 6.61 Å². The van der Waals surface area contributed by atoms with Gasteiger partial charge in [0.1, 0.15) is 5.75 Å². The van der Waals surface area contributed by atoms with Gasteiger partial charge in [-0.15, -0.1) is 0 Å². The van der Waals surface area contributed by atoms with E-state index in [4.69, 9.17) is 21.7 Å². The van der Waals surface area contributed by atoms with Crippen molar-refractivity contribution < 1.29 is 23.0 Å². The minimum absolute atomic E-state index is 0.0102. The number of aromatic nitrogens is 2. The van der Waals surface area contributed by atoms with E-state index in [-0.39, 0.29) is 10.9 Å². The van der Waals surface area contributed by atoms with Crippen molar-refractivity contribution in [1.82, 2.24) is 9.78 Å². The molecule has 0 amide bonds. The number of rotatable bonds is 10. The molecule has 1 heterocycles. The van der Waals surface area contributed by atoms with Crippen LogP contribution in [-0.2, 0) is 6.54 Å². The number of thiocarbonyl (C=S) groups is 1. The van der Waals surface area contributed by atoms with E-state index >= 15 is 0 Å². The Kier molecular flexibility index (Phi) is 8.42. The normalized spacial score (nSPS) is 10.7. The van der Waals surface area contributed by atoms with Crippen LogP contribution in [-0.4, -0.2) is 34.7 Å². The van der Waals surface area contributed by atoms with E-state index in [1.807, 2.05) is 39.0 Å². The summed E-state index contributed by atoms with van der Waals surface area (Å²) in [5.74, 6) is 1.40. The van der Waals surface area contributed by atoms with Crippen LogP contribution >= 0.6 is 12.2 Å². The summed E-state index contributed by atoms with van der Waals surface area (Å²) in [4.78, 5) is 0. The van der Waals surface area contributed by atoms with Crippen LogP contribution in [0.3, 0.4) is 0 Å². The molecule has 33 heavy (non-hydrogen) atoms. The van der Waals surface area contributed by atoms with Crippen molar-refractivity contribution in [3.8, 4) is 17.2 Å². The molecule has 0 aliphatic rings. The van der Waals surface area contributed by atoms with E-state index in [0.717, 1.165) is 11.1 Å². The number of hydrogen-bond acceptors (Lipinski definition) is 5. The minimum Gasteiger partial charge on any atom is -0.490 e. The largest absolute Gasteiger partial charge is 0.490 e. The van der Waals surface area contributed by atoms with Crippen LogP contribution < -0.4 is 24.8 Å². The zero-order valence-electron chi connectivity index (χ0n) is 18.6. The first-order chi connectivity index (χ1) is 15.9. The van der Waals surface area contributed by atoms with Crippen LogP contribution in [0.25, 0.3) is 0 Å². The average Bonchev–Trinajstić information content (AvgIpc) is 3.18. The van der Waals surface area contributed by atoms with Crippen LogP contribution in [0.4, 0.5) is 20.2 Å². The molecule has 0 saturated carbocycles. The first-order valence-electron chi connectivity index (χ1n) is 10.4. The van der Waals surface area contributed by atoms with Gasteiger partial charge in [-0.05, 0) is 68.4 Å². The number of benzene rings is 2. The molecule has 0 spiro atoms. The number of ether oxygens (including phenoxy) is 3. The highest BCUT2D eigenvalue weighted by atomic mass is 32.1. The maximum Gasteiger partial charge on any atom is 0.387 e. The molecule has 0 saturated heterocycles. The van der Waals surface area contributed by atoms with Gasteiger partial charge in [-0.1, -0.05) is 12.1 Å². The van der Waals surface area contributed by atoms with Gasteiger partial charge in [-0.3, -0.25) is 4.68 Å². The highest BCUT2D eigenvalue weighted by Gasteiger charge is 2.12. The molecule has 0 fully saturated rings. The third-order valence-corrected chi connectivity index (χ3v) is 4.65. The van der Waals surface area contributed by atoms with Crippen molar-refractivity contribution in [2.75, 3.05) is 23.8 Å². The van der Waals surface area contributed by atoms with Gasteiger partial charge in [0, 0.05) is 6.20 Å². The van der Waals surface area contributed by atoms with Crippen LogP contribution in [0.5, 0.6) is 17.2 Å². The highest BCUT2D eigenvalue weighted by molar-refractivity contribution is 7.80.